The van der Waals surface area contributed by atoms with Gasteiger partial charge in [0.25, 0.3) is 11.5 Å². The smallest absolute Gasteiger partial charge is 0.254 e. The van der Waals surface area contributed by atoms with E-state index < -0.39 is 0 Å². The third-order valence-electron chi connectivity index (χ3n) is 5.50. The second-order valence-electron chi connectivity index (χ2n) is 7.20. The molecule has 1 aliphatic heterocycles. The number of aryl methyl sites for hydroxylation is 2. The minimum absolute atomic E-state index is 0.0228. The molecule has 2 heterocycles. The lowest BCUT2D eigenvalue weighted by Crippen LogP contribution is -2.37. The van der Waals surface area contributed by atoms with E-state index in [9.17, 15) is 9.59 Å². The van der Waals surface area contributed by atoms with Gasteiger partial charge < -0.3 is 9.47 Å². The van der Waals surface area contributed by atoms with E-state index in [-0.39, 0.29) is 11.5 Å². The van der Waals surface area contributed by atoms with Gasteiger partial charge in [0, 0.05) is 37.0 Å². The Bertz CT molecular complexity index is 825. The van der Waals surface area contributed by atoms with Crippen LogP contribution in [0.25, 0.3) is 11.1 Å². The van der Waals surface area contributed by atoms with Crippen molar-refractivity contribution in [2.45, 2.75) is 32.2 Å². The molecule has 1 saturated heterocycles. The van der Waals surface area contributed by atoms with E-state index in [0.29, 0.717) is 12.0 Å². The highest BCUT2D eigenvalue weighted by atomic mass is 16.2. The lowest BCUT2D eigenvalue weighted by atomic mass is 10.0. The van der Waals surface area contributed by atoms with E-state index in [1.54, 1.807) is 11.6 Å². The molecule has 2 atom stereocenters. The molecule has 4 nitrogen and oxygen atoms in total. The first kappa shape index (κ1) is 15.2. The lowest BCUT2D eigenvalue weighted by molar-refractivity contribution is 0.0703. The summed E-state index contributed by atoms with van der Waals surface area (Å²) in [6, 6.07) is 10.1. The molecular formula is C20H22N2O2. The molecule has 2 aliphatic rings. The van der Waals surface area contributed by atoms with Crippen LogP contribution in [0.1, 0.15) is 35.2 Å². The highest BCUT2D eigenvalue weighted by molar-refractivity contribution is 5.95. The van der Waals surface area contributed by atoms with Gasteiger partial charge in [0.15, 0.2) is 0 Å². The van der Waals surface area contributed by atoms with E-state index in [2.05, 4.69) is 4.90 Å². The van der Waals surface area contributed by atoms with E-state index in [4.69, 9.17) is 0 Å². The first-order valence-corrected chi connectivity index (χ1v) is 8.61. The number of benzene rings is 1. The molecule has 2 bridgehead atoms. The summed E-state index contributed by atoms with van der Waals surface area (Å²) in [5.41, 5.74) is 3.52. The second kappa shape index (κ2) is 5.62. The van der Waals surface area contributed by atoms with Crippen LogP contribution in [0.15, 0.2) is 41.3 Å². The maximum atomic E-state index is 12.7. The van der Waals surface area contributed by atoms with Gasteiger partial charge in [-0.15, -0.1) is 0 Å². The Kier molecular flexibility index (Phi) is 3.56. The SMILES string of the molecule is Cc1cc(-c2ccc(C(=O)N3CC4CCC3C4)cc2)cn(C)c1=O. The van der Waals surface area contributed by atoms with Gasteiger partial charge in [0.05, 0.1) is 0 Å². The highest BCUT2D eigenvalue weighted by Gasteiger charge is 2.40. The van der Waals surface area contributed by atoms with Gasteiger partial charge in [0.1, 0.15) is 0 Å². The van der Waals surface area contributed by atoms with Crippen LogP contribution in [-0.2, 0) is 7.05 Å². The number of carbonyl (C=O) groups excluding carboxylic acids is 1. The fourth-order valence-electron chi connectivity index (χ4n) is 4.18. The molecule has 1 aliphatic carbocycles. The van der Waals surface area contributed by atoms with Crippen LogP contribution in [-0.4, -0.2) is 28.0 Å². The molecule has 24 heavy (non-hydrogen) atoms. The number of nitrogens with zero attached hydrogens (tertiary/aromatic N) is 2. The summed E-state index contributed by atoms with van der Waals surface area (Å²) in [7, 11) is 1.76. The summed E-state index contributed by atoms with van der Waals surface area (Å²) in [6.07, 6.45) is 5.46. The van der Waals surface area contributed by atoms with Gasteiger partial charge in [-0.2, -0.15) is 0 Å². The zero-order chi connectivity index (χ0) is 16.8. The molecule has 1 aromatic carbocycles. The van der Waals surface area contributed by atoms with Gasteiger partial charge in [-0.3, -0.25) is 9.59 Å². The van der Waals surface area contributed by atoms with Crippen LogP contribution >= 0.6 is 0 Å². The van der Waals surface area contributed by atoms with Crippen LogP contribution in [0.5, 0.6) is 0 Å². The summed E-state index contributed by atoms with van der Waals surface area (Å²) in [4.78, 5) is 26.6. The molecule has 0 radical (unpaired) electrons. The number of hydrogen-bond acceptors (Lipinski definition) is 2. The van der Waals surface area contributed by atoms with Crippen LogP contribution in [0.3, 0.4) is 0 Å². The molecule has 1 saturated carbocycles. The topological polar surface area (TPSA) is 42.3 Å². The Labute approximate surface area is 141 Å². The minimum atomic E-state index is 0.0228. The number of likely N-dealkylation sites (tertiary alicyclic amines) is 1. The molecule has 2 unspecified atom stereocenters. The van der Waals surface area contributed by atoms with Crippen molar-refractivity contribution < 1.29 is 4.79 Å². The molecule has 0 N–H and O–H groups in total. The largest absolute Gasteiger partial charge is 0.335 e. The van der Waals surface area contributed by atoms with Crippen molar-refractivity contribution in [1.29, 1.82) is 0 Å². The second-order valence-corrected chi connectivity index (χ2v) is 7.20. The van der Waals surface area contributed by atoms with Crippen molar-refractivity contribution in [2.75, 3.05) is 6.54 Å². The molecule has 1 aromatic heterocycles. The third-order valence-corrected chi connectivity index (χ3v) is 5.50. The van der Waals surface area contributed by atoms with Gasteiger partial charge in [0.2, 0.25) is 0 Å². The molecule has 4 heteroatoms. The number of hydrogen-bond donors (Lipinski definition) is 0. The normalized spacial score (nSPS) is 22.2. The Morgan fingerprint density at radius 2 is 1.88 bits per heavy atom. The summed E-state index contributed by atoms with van der Waals surface area (Å²) < 4.78 is 1.60. The predicted octanol–water partition coefficient (Wildman–Crippen LogP) is 2.99. The van der Waals surface area contributed by atoms with Crippen LogP contribution < -0.4 is 5.56 Å². The fraction of sp³-hybridized carbons (Fsp3) is 0.400. The van der Waals surface area contributed by atoms with Gasteiger partial charge in [-0.05, 0) is 61.4 Å². The summed E-state index contributed by atoms with van der Waals surface area (Å²) in [5.74, 6) is 0.872. The van der Waals surface area contributed by atoms with E-state index >= 15 is 0 Å². The maximum Gasteiger partial charge on any atom is 0.254 e. The van der Waals surface area contributed by atoms with Crippen LogP contribution in [0.2, 0.25) is 0 Å². The molecule has 2 fully saturated rings. The van der Waals surface area contributed by atoms with Gasteiger partial charge >= 0.3 is 0 Å². The first-order valence-electron chi connectivity index (χ1n) is 8.61. The number of amides is 1. The Morgan fingerprint density at radius 1 is 1.12 bits per heavy atom. The predicted molar refractivity (Wildman–Crippen MR) is 94.0 cm³/mol. The Hall–Kier alpha value is -2.36. The van der Waals surface area contributed by atoms with E-state index in [1.165, 1.54) is 12.8 Å². The quantitative estimate of drug-likeness (QED) is 0.853. The van der Waals surface area contributed by atoms with Gasteiger partial charge in [-0.1, -0.05) is 12.1 Å². The van der Waals surface area contributed by atoms with E-state index in [0.717, 1.165) is 35.2 Å². The standard InChI is InChI=1S/C20H22N2O2/c1-13-9-17(12-21(2)19(13)23)15-4-6-16(7-5-15)20(24)22-11-14-3-8-18(22)10-14/h4-7,9,12,14,18H,3,8,10-11H2,1-2H3. The molecule has 4 rings (SSSR count). The molecule has 2 aromatic rings. The summed E-state index contributed by atoms with van der Waals surface area (Å²) >= 11 is 0. The number of pyridine rings is 1. The zero-order valence-corrected chi connectivity index (χ0v) is 14.2. The number of carbonyl (C=O) groups is 1. The fourth-order valence-corrected chi connectivity index (χ4v) is 4.18. The Morgan fingerprint density at radius 3 is 2.46 bits per heavy atom. The monoisotopic (exact) mass is 322 g/mol. The maximum absolute atomic E-state index is 12.7. The van der Waals surface area contributed by atoms with Crippen LogP contribution in [0, 0.1) is 12.8 Å². The van der Waals surface area contributed by atoms with Gasteiger partial charge in [-0.25, -0.2) is 0 Å². The molecule has 0 spiro atoms. The van der Waals surface area contributed by atoms with E-state index in [1.807, 2.05) is 43.5 Å². The van der Waals surface area contributed by atoms with Crippen molar-refractivity contribution >= 4 is 5.91 Å². The number of piperidine rings is 1. The average Bonchev–Trinajstić information content (AvgIpc) is 3.22. The summed E-state index contributed by atoms with van der Waals surface area (Å²) in [5, 5.41) is 0. The van der Waals surface area contributed by atoms with Crippen molar-refractivity contribution in [3.63, 3.8) is 0 Å². The Balaban J connectivity index is 1.59. The summed E-state index contributed by atoms with van der Waals surface area (Å²) in [6.45, 7) is 2.75. The zero-order valence-electron chi connectivity index (χ0n) is 14.2. The highest BCUT2D eigenvalue weighted by Crippen LogP contribution is 2.38. The average molecular weight is 322 g/mol. The molecule has 124 valence electrons. The minimum Gasteiger partial charge on any atom is -0.335 e. The number of aromatic nitrogens is 1. The first-order chi connectivity index (χ1) is 11.5. The van der Waals surface area contributed by atoms with Crippen molar-refractivity contribution in [3.05, 3.63) is 58.0 Å². The molecule has 1 amide bonds. The van der Waals surface area contributed by atoms with Crippen molar-refractivity contribution in [1.82, 2.24) is 9.47 Å². The van der Waals surface area contributed by atoms with Crippen LogP contribution in [0.4, 0.5) is 0 Å². The van der Waals surface area contributed by atoms with Crippen molar-refractivity contribution in [2.24, 2.45) is 13.0 Å². The van der Waals surface area contributed by atoms with Crippen molar-refractivity contribution in [3.8, 4) is 11.1 Å². The number of rotatable bonds is 2. The molecular weight excluding hydrogens is 300 g/mol. The lowest BCUT2D eigenvalue weighted by Gasteiger charge is -2.27. The number of fused-ring (bicyclic) bond motifs is 2. The third kappa shape index (κ3) is 2.46.